The molecule has 4 heteroatoms. The lowest BCUT2D eigenvalue weighted by Gasteiger charge is -2.44. The Kier molecular flexibility index (Phi) is 3.86. The molecule has 94 valence electrons. The Bertz CT molecular complexity index is 406. The van der Waals surface area contributed by atoms with Gasteiger partial charge in [0.05, 0.1) is 29.5 Å². The van der Waals surface area contributed by atoms with Crippen molar-refractivity contribution in [3.63, 3.8) is 0 Å². The number of morpholine rings is 1. The molecule has 0 atom stereocenters. The van der Waals surface area contributed by atoms with Gasteiger partial charge in [-0.1, -0.05) is 17.7 Å². The number of nitrogens with zero attached hydrogens (tertiary/aromatic N) is 1. The van der Waals surface area contributed by atoms with Crippen molar-refractivity contribution in [1.29, 1.82) is 0 Å². The van der Waals surface area contributed by atoms with Crippen LogP contribution in [0.2, 0.25) is 5.02 Å². The molecule has 0 spiro atoms. The van der Waals surface area contributed by atoms with E-state index in [4.69, 9.17) is 27.9 Å². The van der Waals surface area contributed by atoms with Crippen molar-refractivity contribution in [2.45, 2.75) is 25.3 Å². The number of benzene rings is 1. The van der Waals surface area contributed by atoms with Gasteiger partial charge in [0, 0.05) is 12.4 Å². The first-order valence-electron chi connectivity index (χ1n) is 5.74. The molecule has 0 N–H and O–H groups in total. The Labute approximate surface area is 112 Å². The van der Waals surface area contributed by atoms with Gasteiger partial charge in [-0.2, -0.15) is 0 Å². The maximum absolute atomic E-state index is 6.33. The molecule has 17 heavy (non-hydrogen) atoms. The predicted molar refractivity (Wildman–Crippen MR) is 73.3 cm³/mol. The van der Waals surface area contributed by atoms with Gasteiger partial charge in [0.1, 0.15) is 0 Å². The molecular weight excluding hydrogens is 257 g/mol. The van der Waals surface area contributed by atoms with Gasteiger partial charge in [0.15, 0.2) is 0 Å². The van der Waals surface area contributed by atoms with Crippen LogP contribution in [0.4, 0.5) is 5.69 Å². The highest BCUT2D eigenvalue weighted by molar-refractivity contribution is 6.33. The minimum atomic E-state index is -0.0234. The third kappa shape index (κ3) is 2.70. The third-order valence-electron chi connectivity index (χ3n) is 3.10. The Morgan fingerprint density at radius 1 is 1.41 bits per heavy atom. The lowest BCUT2D eigenvalue weighted by atomic mass is 10.0. The topological polar surface area (TPSA) is 12.5 Å². The molecule has 0 amide bonds. The molecule has 0 saturated carbocycles. The van der Waals surface area contributed by atoms with Crippen LogP contribution in [0.15, 0.2) is 18.2 Å². The van der Waals surface area contributed by atoms with E-state index in [-0.39, 0.29) is 5.54 Å². The van der Waals surface area contributed by atoms with Crippen molar-refractivity contribution in [3.8, 4) is 0 Å². The number of rotatable bonds is 2. The largest absolute Gasteiger partial charge is 0.377 e. The van der Waals surface area contributed by atoms with Gasteiger partial charge in [-0.3, -0.25) is 0 Å². The second-order valence-electron chi connectivity index (χ2n) is 4.94. The van der Waals surface area contributed by atoms with Gasteiger partial charge in [-0.05, 0) is 31.5 Å². The molecule has 0 aromatic heterocycles. The summed E-state index contributed by atoms with van der Waals surface area (Å²) in [5, 5.41) is 0.762. The average molecular weight is 274 g/mol. The lowest BCUT2D eigenvalue weighted by molar-refractivity contribution is 0.0644. The Balaban J connectivity index is 2.32. The Morgan fingerprint density at radius 2 is 2.18 bits per heavy atom. The summed E-state index contributed by atoms with van der Waals surface area (Å²) >= 11 is 12.1. The SMILES string of the molecule is CC1(C)COCCN1c1ccc(CCl)cc1Cl. The highest BCUT2D eigenvalue weighted by atomic mass is 35.5. The fraction of sp³-hybridized carbons (Fsp3) is 0.538. The van der Waals surface area contributed by atoms with Gasteiger partial charge in [0.25, 0.3) is 0 Å². The zero-order valence-corrected chi connectivity index (χ0v) is 11.7. The predicted octanol–water partition coefficient (Wildman–Crippen LogP) is 3.69. The van der Waals surface area contributed by atoms with E-state index in [9.17, 15) is 0 Å². The first-order valence-corrected chi connectivity index (χ1v) is 6.65. The molecule has 0 aliphatic carbocycles. The highest BCUT2D eigenvalue weighted by Crippen LogP contribution is 2.33. The quantitative estimate of drug-likeness (QED) is 0.762. The summed E-state index contributed by atoms with van der Waals surface area (Å²) in [5.74, 6) is 0.493. The lowest BCUT2D eigenvalue weighted by Crippen LogP contribution is -2.53. The summed E-state index contributed by atoms with van der Waals surface area (Å²) in [6.07, 6.45) is 0. The summed E-state index contributed by atoms with van der Waals surface area (Å²) < 4.78 is 5.52. The zero-order valence-electron chi connectivity index (χ0n) is 10.2. The number of halogens is 2. The fourth-order valence-corrected chi connectivity index (χ4v) is 2.63. The van der Waals surface area contributed by atoms with Crippen molar-refractivity contribution in [2.24, 2.45) is 0 Å². The van der Waals surface area contributed by atoms with Crippen molar-refractivity contribution >= 4 is 28.9 Å². The van der Waals surface area contributed by atoms with Crippen LogP contribution in [0, 0.1) is 0 Å². The number of anilines is 1. The summed E-state index contributed by atoms with van der Waals surface area (Å²) in [5.41, 5.74) is 2.09. The fourth-order valence-electron chi connectivity index (χ4n) is 2.16. The van der Waals surface area contributed by atoms with Crippen LogP contribution in [0.3, 0.4) is 0 Å². The van der Waals surface area contributed by atoms with Gasteiger partial charge in [0.2, 0.25) is 0 Å². The monoisotopic (exact) mass is 273 g/mol. The first-order chi connectivity index (χ1) is 8.04. The Morgan fingerprint density at radius 3 is 2.76 bits per heavy atom. The average Bonchev–Trinajstić information content (AvgIpc) is 2.29. The highest BCUT2D eigenvalue weighted by Gasteiger charge is 2.31. The molecule has 1 aromatic carbocycles. The molecule has 0 radical (unpaired) electrons. The maximum atomic E-state index is 6.33. The van der Waals surface area contributed by atoms with Crippen molar-refractivity contribution in [2.75, 3.05) is 24.7 Å². The van der Waals surface area contributed by atoms with Crippen molar-refractivity contribution < 1.29 is 4.74 Å². The molecule has 2 rings (SSSR count). The number of ether oxygens (including phenoxy) is 1. The number of hydrogen-bond donors (Lipinski definition) is 0. The molecule has 1 saturated heterocycles. The van der Waals surface area contributed by atoms with Crippen LogP contribution in [0.5, 0.6) is 0 Å². The van der Waals surface area contributed by atoms with Crippen LogP contribution in [-0.4, -0.2) is 25.3 Å². The van der Waals surface area contributed by atoms with Gasteiger partial charge < -0.3 is 9.64 Å². The molecule has 1 aliphatic heterocycles. The molecule has 2 nitrogen and oxygen atoms in total. The third-order valence-corrected chi connectivity index (χ3v) is 3.71. The van der Waals surface area contributed by atoms with E-state index in [0.717, 1.165) is 36.0 Å². The molecule has 1 heterocycles. The van der Waals surface area contributed by atoms with Gasteiger partial charge in [-0.15, -0.1) is 11.6 Å². The van der Waals surface area contributed by atoms with Crippen LogP contribution < -0.4 is 4.90 Å². The second-order valence-corrected chi connectivity index (χ2v) is 5.61. The minimum Gasteiger partial charge on any atom is -0.377 e. The van der Waals surface area contributed by atoms with Crippen LogP contribution in [-0.2, 0) is 10.6 Å². The molecule has 0 unspecified atom stereocenters. The maximum Gasteiger partial charge on any atom is 0.0694 e. The molecule has 0 bridgehead atoms. The van der Waals surface area contributed by atoms with E-state index in [1.807, 2.05) is 18.2 Å². The van der Waals surface area contributed by atoms with E-state index in [2.05, 4.69) is 18.7 Å². The minimum absolute atomic E-state index is 0.0234. The summed E-state index contributed by atoms with van der Waals surface area (Å²) in [6.45, 7) is 6.67. The smallest absolute Gasteiger partial charge is 0.0694 e. The van der Waals surface area contributed by atoms with E-state index in [1.54, 1.807) is 0 Å². The van der Waals surface area contributed by atoms with Crippen LogP contribution >= 0.6 is 23.2 Å². The first kappa shape index (κ1) is 13.0. The number of hydrogen-bond acceptors (Lipinski definition) is 2. The summed E-state index contributed by atoms with van der Waals surface area (Å²) in [6, 6.07) is 6.02. The van der Waals surface area contributed by atoms with Crippen molar-refractivity contribution in [3.05, 3.63) is 28.8 Å². The zero-order chi connectivity index (χ0) is 12.5. The van der Waals surface area contributed by atoms with Gasteiger partial charge in [-0.25, -0.2) is 0 Å². The van der Waals surface area contributed by atoms with Gasteiger partial charge >= 0.3 is 0 Å². The van der Waals surface area contributed by atoms with E-state index in [0.29, 0.717) is 5.88 Å². The Hall–Kier alpha value is -0.440. The molecular formula is C13H17Cl2NO. The van der Waals surface area contributed by atoms with Crippen LogP contribution in [0.1, 0.15) is 19.4 Å². The summed E-state index contributed by atoms with van der Waals surface area (Å²) in [4.78, 5) is 2.30. The van der Waals surface area contributed by atoms with Crippen LogP contribution in [0.25, 0.3) is 0 Å². The summed E-state index contributed by atoms with van der Waals surface area (Å²) in [7, 11) is 0. The standard InChI is InChI=1S/C13H17Cl2NO/c1-13(2)9-17-6-5-16(13)12-4-3-10(8-14)7-11(12)15/h3-4,7H,5-6,8-9H2,1-2H3. The molecule has 1 aliphatic rings. The van der Waals surface area contributed by atoms with E-state index in [1.165, 1.54) is 0 Å². The van der Waals surface area contributed by atoms with E-state index >= 15 is 0 Å². The second kappa shape index (κ2) is 5.05. The number of alkyl halides is 1. The van der Waals surface area contributed by atoms with E-state index < -0.39 is 0 Å². The normalized spacial score (nSPS) is 19.4. The molecule has 1 aromatic rings. The molecule has 1 fully saturated rings. The van der Waals surface area contributed by atoms with Crippen molar-refractivity contribution in [1.82, 2.24) is 0 Å².